The van der Waals surface area contributed by atoms with Gasteiger partial charge in [-0.05, 0) is 0 Å². The van der Waals surface area contributed by atoms with Gasteiger partial charge in [0.2, 0.25) is 0 Å². The molecule has 0 saturated heterocycles. The van der Waals surface area contributed by atoms with Gasteiger partial charge in [0, 0.05) is 0 Å². The van der Waals surface area contributed by atoms with E-state index >= 15 is 0 Å². The predicted molar refractivity (Wildman–Crippen MR) is 96.0 cm³/mol. The van der Waals surface area contributed by atoms with Gasteiger partial charge in [-0.25, -0.2) is 0 Å². The van der Waals surface area contributed by atoms with E-state index in [4.69, 9.17) is 17.0 Å². The molecule has 0 atom stereocenters. The first-order valence-electron chi connectivity index (χ1n) is 7.66. The maximum absolute atomic E-state index is 6.44. The second-order valence-electron chi connectivity index (χ2n) is 6.19. The van der Waals surface area contributed by atoms with Crippen molar-refractivity contribution in [3.63, 3.8) is 0 Å². The van der Waals surface area contributed by atoms with Crippen LogP contribution in [-0.4, -0.2) is 3.21 Å². The topological polar surface area (TPSA) is 0 Å². The van der Waals surface area contributed by atoms with Gasteiger partial charge in [-0.2, -0.15) is 0 Å². The molecule has 3 heteroatoms. The quantitative estimate of drug-likeness (QED) is 0.543. The van der Waals surface area contributed by atoms with E-state index in [9.17, 15) is 0 Å². The Hall–Kier alpha value is -0.227. The van der Waals surface area contributed by atoms with Crippen LogP contribution in [0.4, 0.5) is 0 Å². The molecule has 116 valence electrons. The minimum atomic E-state index is -2.55. The number of rotatable bonds is 4. The van der Waals surface area contributed by atoms with E-state index in [1.54, 1.807) is 0 Å². The molecule has 0 aliphatic heterocycles. The zero-order valence-electron chi connectivity index (χ0n) is 13.5. The van der Waals surface area contributed by atoms with Crippen molar-refractivity contribution in [2.75, 3.05) is 0 Å². The predicted octanol–water partition coefficient (Wildman–Crippen LogP) is 6.43. The molecule has 22 heavy (non-hydrogen) atoms. The normalized spacial score (nSPS) is 11.1. The first kappa shape index (κ1) is 18.1. The molecule has 0 aliphatic carbocycles. The summed E-state index contributed by atoms with van der Waals surface area (Å²) in [6, 6.07) is 17.4. The van der Waals surface area contributed by atoms with Crippen molar-refractivity contribution in [1.82, 2.24) is 0 Å². The van der Waals surface area contributed by atoms with Crippen molar-refractivity contribution in [3.05, 3.63) is 70.8 Å². The summed E-state index contributed by atoms with van der Waals surface area (Å²) in [7, 11) is 12.9. The number of benzene rings is 2. The molecule has 0 nitrogen and oxygen atoms in total. The minimum absolute atomic E-state index is 0.535. The number of halogens is 2. The van der Waals surface area contributed by atoms with Crippen molar-refractivity contribution < 1.29 is 18.9 Å². The van der Waals surface area contributed by atoms with Crippen molar-refractivity contribution in [2.45, 2.75) is 39.5 Å². The molecule has 2 rings (SSSR count). The molecule has 0 aliphatic rings. The Kier molecular flexibility index (Phi) is 6.63. The standard InChI is InChI=1S/C19H22.2ClH.Zr/c1-14(2)18-9-5-16(6-10-18)13-17-7-11-19(12-8-17)15(3)4;;;/h5-12,14-15H,1-4H3;2*1H;/q;;;+2/p-2. The average molecular weight is 413 g/mol. The first-order chi connectivity index (χ1) is 10.4. The molecule has 0 aromatic heterocycles. The average Bonchev–Trinajstić information content (AvgIpc) is 2.48. The van der Waals surface area contributed by atoms with Crippen molar-refractivity contribution in [1.29, 1.82) is 0 Å². The van der Waals surface area contributed by atoms with E-state index in [0.29, 0.717) is 11.8 Å². The SMILES string of the molecule is CC(C)c1ccc([C](c2ccc(C(C)C)cc2)=[Zr]([Cl])[Cl])cc1. The third-order valence-electron chi connectivity index (χ3n) is 3.92. The Labute approximate surface area is 148 Å². The molecular weight excluding hydrogens is 390 g/mol. The van der Waals surface area contributed by atoms with Crippen LogP contribution >= 0.6 is 17.0 Å². The zero-order chi connectivity index (χ0) is 16.3. The second kappa shape index (κ2) is 8.05. The van der Waals surface area contributed by atoms with E-state index in [-0.39, 0.29) is 0 Å². The maximum atomic E-state index is 6.44. The molecule has 0 fully saturated rings. The first-order valence-corrected chi connectivity index (χ1v) is 15.2. The summed E-state index contributed by atoms with van der Waals surface area (Å²) in [5, 5.41) is 0. The fourth-order valence-corrected chi connectivity index (χ4v) is 6.93. The number of hydrogen-bond donors (Lipinski definition) is 0. The number of hydrogen-bond acceptors (Lipinski definition) is 0. The molecule has 0 radical (unpaired) electrons. The monoisotopic (exact) mass is 410 g/mol. The summed E-state index contributed by atoms with van der Waals surface area (Å²) in [4.78, 5) is 0. The van der Waals surface area contributed by atoms with E-state index in [0.717, 1.165) is 3.21 Å². The molecule has 0 bridgehead atoms. The summed E-state index contributed by atoms with van der Waals surface area (Å²) < 4.78 is 1.16. The van der Waals surface area contributed by atoms with Gasteiger partial charge in [-0.3, -0.25) is 0 Å². The fraction of sp³-hybridized carbons (Fsp3) is 0.316. The van der Waals surface area contributed by atoms with Crippen LogP contribution in [-0.2, 0) is 18.9 Å². The van der Waals surface area contributed by atoms with Gasteiger partial charge in [0.15, 0.2) is 0 Å². The van der Waals surface area contributed by atoms with Crippen LogP contribution in [0.15, 0.2) is 48.5 Å². The molecular formula is C19H22Cl2Zr. The van der Waals surface area contributed by atoms with Gasteiger partial charge in [0.1, 0.15) is 0 Å². The van der Waals surface area contributed by atoms with E-state index in [1.165, 1.54) is 22.3 Å². The Morgan fingerprint density at radius 2 is 1.00 bits per heavy atom. The van der Waals surface area contributed by atoms with E-state index in [2.05, 4.69) is 76.2 Å². The Morgan fingerprint density at radius 3 is 1.23 bits per heavy atom. The van der Waals surface area contributed by atoms with Gasteiger partial charge < -0.3 is 0 Å². The summed E-state index contributed by atoms with van der Waals surface area (Å²) in [6.45, 7) is 8.81. The van der Waals surface area contributed by atoms with Crippen LogP contribution in [0.2, 0.25) is 0 Å². The fourth-order valence-electron chi connectivity index (χ4n) is 2.45. The van der Waals surface area contributed by atoms with Crippen LogP contribution < -0.4 is 0 Å². The summed E-state index contributed by atoms with van der Waals surface area (Å²) in [6.07, 6.45) is 0. The van der Waals surface area contributed by atoms with Gasteiger partial charge in [-0.15, -0.1) is 0 Å². The van der Waals surface area contributed by atoms with Crippen LogP contribution in [0.25, 0.3) is 0 Å². The summed E-state index contributed by atoms with van der Waals surface area (Å²) in [5.41, 5.74) is 5.02. The Morgan fingerprint density at radius 1 is 0.682 bits per heavy atom. The molecule has 0 amide bonds. The second-order valence-corrected chi connectivity index (χ2v) is 14.3. The van der Waals surface area contributed by atoms with Crippen molar-refractivity contribution in [3.8, 4) is 0 Å². The Balaban J connectivity index is 2.41. The van der Waals surface area contributed by atoms with Gasteiger partial charge >= 0.3 is 149 Å². The van der Waals surface area contributed by atoms with E-state index < -0.39 is 18.9 Å². The van der Waals surface area contributed by atoms with Gasteiger partial charge in [0.25, 0.3) is 0 Å². The third kappa shape index (κ3) is 4.41. The Bertz CT molecular complexity index is 595. The molecule has 2 aromatic rings. The van der Waals surface area contributed by atoms with Crippen molar-refractivity contribution >= 4 is 20.2 Å². The van der Waals surface area contributed by atoms with Crippen LogP contribution in [0.3, 0.4) is 0 Å². The third-order valence-corrected chi connectivity index (χ3v) is 8.51. The van der Waals surface area contributed by atoms with Gasteiger partial charge in [0.05, 0.1) is 0 Å². The molecule has 0 spiro atoms. The molecule has 0 heterocycles. The summed E-state index contributed by atoms with van der Waals surface area (Å²) in [5.74, 6) is 1.07. The van der Waals surface area contributed by atoms with Crippen LogP contribution in [0.1, 0.15) is 61.8 Å². The molecule has 0 unspecified atom stereocenters. The summed E-state index contributed by atoms with van der Waals surface area (Å²) >= 11 is -2.55. The van der Waals surface area contributed by atoms with Crippen LogP contribution in [0.5, 0.6) is 0 Å². The molecule has 0 N–H and O–H groups in total. The molecule has 0 saturated carbocycles. The van der Waals surface area contributed by atoms with Gasteiger partial charge in [-0.1, -0.05) is 0 Å². The zero-order valence-corrected chi connectivity index (χ0v) is 17.5. The van der Waals surface area contributed by atoms with Crippen molar-refractivity contribution in [2.24, 2.45) is 0 Å². The van der Waals surface area contributed by atoms with Crippen LogP contribution in [0, 0.1) is 0 Å². The van der Waals surface area contributed by atoms with E-state index in [1.807, 2.05) is 0 Å². The molecule has 2 aromatic carbocycles.